The summed E-state index contributed by atoms with van der Waals surface area (Å²) in [5.41, 5.74) is 3.07. The van der Waals surface area contributed by atoms with E-state index in [2.05, 4.69) is 48.2 Å². The number of aromatic nitrogens is 1. The molecule has 6 nitrogen and oxygen atoms in total. The molecule has 3 heterocycles. The van der Waals surface area contributed by atoms with Gasteiger partial charge in [0, 0.05) is 23.7 Å². The predicted octanol–water partition coefficient (Wildman–Crippen LogP) is 4.58. The van der Waals surface area contributed by atoms with Crippen LogP contribution in [0, 0.1) is 28.6 Å². The van der Waals surface area contributed by atoms with Gasteiger partial charge in [0.25, 0.3) is 0 Å². The van der Waals surface area contributed by atoms with E-state index in [9.17, 15) is 15.3 Å². The van der Waals surface area contributed by atoms with Gasteiger partial charge in [-0.1, -0.05) is 32.5 Å². The van der Waals surface area contributed by atoms with E-state index in [0.717, 1.165) is 42.1 Å². The number of carbonyl (C=O) groups is 1. The number of nitrogens with zero attached hydrogens (tertiary/aromatic N) is 4. The topological polar surface area (TPSA) is 92.8 Å². The molecule has 1 N–H and O–H groups in total. The Balaban J connectivity index is 1.81. The predicted molar refractivity (Wildman–Crippen MR) is 125 cm³/mol. The Morgan fingerprint density at radius 1 is 1.35 bits per heavy atom. The third kappa shape index (κ3) is 5.46. The number of amides is 1. The Labute approximate surface area is 192 Å². The van der Waals surface area contributed by atoms with Crippen molar-refractivity contribution in [1.82, 2.24) is 9.88 Å². The van der Waals surface area contributed by atoms with E-state index in [4.69, 9.17) is 0 Å². The monoisotopic (exact) mass is 453 g/mol. The molecule has 2 aromatic rings. The van der Waals surface area contributed by atoms with Gasteiger partial charge in [-0.3, -0.25) is 4.79 Å². The number of likely N-dealkylation sites (N-methyl/N-ethyl adjacent to an activating group) is 1. The summed E-state index contributed by atoms with van der Waals surface area (Å²) < 4.78 is 0. The molecule has 8 heteroatoms. The second-order valence-corrected chi connectivity index (χ2v) is 10.5. The van der Waals surface area contributed by atoms with Gasteiger partial charge in [-0.15, -0.1) is 11.3 Å². The highest BCUT2D eigenvalue weighted by Gasteiger charge is 2.26. The lowest BCUT2D eigenvalue weighted by Crippen LogP contribution is -2.25. The van der Waals surface area contributed by atoms with Crippen molar-refractivity contribution in [1.29, 1.82) is 10.5 Å². The summed E-state index contributed by atoms with van der Waals surface area (Å²) in [6.45, 7) is 7.91. The molecule has 0 aliphatic carbocycles. The van der Waals surface area contributed by atoms with Crippen molar-refractivity contribution in [3.8, 4) is 12.1 Å². The van der Waals surface area contributed by atoms with E-state index in [1.807, 2.05) is 13.0 Å². The second-order valence-electron chi connectivity index (χ2n) is 8.18. The number of nitriles is 2. The lowest BCUT2D eigenvalue weighted by molar-refractivity contribution is -0.115. The van der Waals surface area contributed by atoms with Crippen molar-refractivity contribution < 1.29 is 4.79 Å². The molecule has 1 aliphatic heterocycles. The minimum atomic E-state index is -0.401. The van der Waals surface area contributed by atoms with Crippen LogP contribution in [0.5, 0.6) is 0 Å². The second kappa shape index (κ2) is 10.3. The van der Waals surface area contributed by atoms with Crippen LogP contribution in [0.25, 0.3) is 0 Å². The smallest absolute Gasteiger partial charge is 0.238 e. The lowest BCUT2D eigenvalue weighted by atomic mass is 10.0. The molecule has 1 amide bonds. The van der Waals surface area contributed by atoms with Crippen LogP contribution in [0.3, 0.4) is 0 Å². The fourth-order valence-corrected chi connectivity index (χ4v) is 5.87. The van der Waals surface area contributed by atoms with Crippen LogP contribution in [0.4, 0.5) is 5.00 Å². The molecule has 0 spiro atoms. The molecule has 1 aliphatic rings. The zero-order chi connectivity index (χ0) is 22.5. The van der Waals surface area contributed by atoms with E-state index >= 15 is 0 Å². The summed E-state index contributed by atoms with van der Waals surface area (Å²) >= 11 is 2.82. The number of hydrogen-bond acceptors (Lipinski definition) is 7. The highest BCUT2D eigenvalue weighted by Crippen LogP contribution is 2.37. The Morgan fingerprint density at radius 3 is 2.77 bits per heavy atom. The van der Waals surface area contributed by atoms with E-state index in [1.54, 1.807) is 6.07 Å². The Kier molecular flexibility index (Phi) is 7.72. The van der Waals surface area contributed by atoms with E-state index in [-0.39, 0.29) is 5.91 Å². The Bertz CT molecular complexity index is 1050. The maximum absolute atomic E-state index is 13.1. The van der Waals surface area contributed by atoms with Crippen molar-refractivity contribution in [2.45, 2.75) is 56.9 Å². The van der Waals surface area contributed by atoms with Crippen molar-refractivity contribution in [3.63, 3.8) is 0 Å². The van der Waals surface area contributed by atoms with Crippen LogP contribution in [-0.2, 0) is 24.2 Å². The number of carbonyl (C=O) groups excluding carboxylic acids is 1. The van der Waals surface area contributed by atoms with E-state index in [1.165, 1.54) is 23.1 Å². The average Bonchev–Trinajstić information content (AvgIpc) is 3.07. The summed E-state index contributed by atoms with van der Waals surface area (Å²) in [6.07, 6.45) is 2.24. The van der Waals surface area contributed by atoms with E-state index < -0.39 is 5.25 Å². The first-order valence-corrected chi connectivity index (χ1v) is 12.2. The number of thioether (sulfide) groups is 1. The number of nitrogens with one attached hydrogen (secondary N) is 1. The minimum Gasteiger partial charge on any atom is -0.316 e. The van der Waals surface area contributed by atoms with Gasteiger partial charge in [-0.2, -0.15) is 10.5 Å². The maximum Gasteiger partial charge on any atom is 0.238 e. The largest absolute Gasteiger partial charge is 0.316 e. The number of rotatable bonds is 7. The molecule has 1 atom stereocenters. The normalized spacial score (nSPS) is 14.5. The third-order valence-corrected chi connectivity index (χ3v) is 7.67. The SMILES string of the molecule is CCC(Sc1nc(CC(C)C)ccc1C#N)C(=O)Nc1sc2c(c1C#N)CCN(C)C2. The summed E-state index contributed by atoms with van der Waals surface area (Å²) in [6, 6.07) is 8.15. The van der Waals surface area contributed by atoms with Gasteiger partial charge in [0.15, 0.2) is 0 Å². The van der Waals surface area contributed by atoms with Crippen molar-refractivity contribution in [2.75, 3.05) is 18.9 Å². The number of thiophene rings is 1. The van der Waals surface area contributed by atoms with Gasteiger partial charge >= 0.3 is 0 Å². The quantitative estimate of drug-likeness (QED) is 0.617. The van der Waals surface area contributed by atoms with Gasteiger partial charge in [0.2, 0.25) is 5.91 Å². The fraction of sp³-hybridized carbons (Fsp3) is 0.478. The molecule has 1 unspecified atom stereocenters. The zero-order valence-electron chi connectivity index (χ0n) is 18.4. The molecular formula is C23H27N5OS2. The number of fused-ring (bicyclic) bond motifs is 1. The molecule has 0 aromatic carbocycles. The molecule has 0 fully saturated rings. The summed E-state index contributed by atoms with van der Waals surface area (Å²) in [4.78, 5) is 21.1. The standard InChI is InChI=1S/C23H27N5OS2/c1-5-19(30-22-15(11-24)6-7-16(26-22)10-14(2)3)21(29)27-23-18(12-25)17-8-9-28(4)13-20(17)31-23/h6-7,14,19H,5,8-10,13H2,1-4H3,(H,27,29). The molecule has 0 saturated heterocycles. The first kappa shape index (κ1) is 23.3. The van der Waals surface area contributed by atoms with Gasteiger partial charge in [0.05, 0.1) is 16.4 Å². The first-order chi connectivity index (χ1) is 14.9. The van der Waals surface area contributed by atoms with Crippen LogP contribution in [0.1, 0.15) is 54.5 Å². The van der Waals surface area contributed by atoms with Crippen molar-refractivity contribution >= 4 is 34.0 Å². The number of pyridine rings is 1. The summed E-state index contributed by atoms with van der Waals surface area (Å²) in [5.74, 6) is 0.299. The molecule has 3 rings (SSSR count). The van der Waals surface area contributed by atoms with Crippen molar-refractivity contribution in [2.24, 2.45) is 5.92 Å². The molecule has 162 valence electrons. The average molecular weight is 454 g/mol. The molecule has 2 aromatic heterocycles. The van der Waals surface area contributed by atoms with Gasteiger partial charge in [0.1, 0.15) is 22.2 Å². The highest BCUT2D eigenvalue weighted by molar-refractivity contribution is 8.00. The molecule has 0 radical (unpaired) electrons. The Hall–Kier alpha value is -2.39. The molecular weight excluding hydrogens is 426 g/mol. The highest BCUT2D eigenvalue weighted by atomic mass is 32.2. The van der Waals surface area contributed by atoms with Gasteiger partial charge < -0.3 is 10.2 Å². The fourth-order valence-electron chi connectivity index (χ4n) is 3.57. The van der Waals surface area contributed by atoms with Crippen LogP contribution in [0.2, 0.25) is 0 Å². The molecule has 31 heavy (non-hydrogen) atoms. The molecule has 0 bridgehead atoms. The third-order valence-electron chi connectivity index (χ3n) is 5.17. The number of hydrogen-bond donors (Lipinski definition) is 1. The van der Waals surface area contributed by atoms with Crippen LogP contribution in [0.15, 0.2) is 17.2 Å². The van der Waals surface area contributed by atoms with Gasteiger partial charge in [-0.05, 0) is 49.9 Å². The Morgan fingerprint density at radius 2 is 2.13 bits per heavy atom. The van der Waals surface area contributed by atoms with Gasteiger partial charge in [-0.25, -0.2) is 4.98 Å². The van der Waals surface area contributed by atoms with Crippen LogP contribution < -0.4 is 5.32 Å². The summed E-state index contributed by atoms with van der Waals surface area (Å²) in [5, 5.41) is 23.0. The first-order valence-electron chi connectivity index (χ1n) is 10.5. The molecule has 0 saturated carbocycles. The number of anilines is 1. The lowest BCUT2D eigenvalue weighted by Gasteiger charge is -2.21. The maximum atomic E-state index is 13.1. The minimum absolute atomic E-state index is 0.157. The summed E-state index contributed by atoms with van der Waals surface area (Å²) in [7, 11) is 2.06. The zero-order valence-corrected chi connectivity index (χ0v) is 20.0. The van der Waals surface area contributed by atoms with Crippen molar-refractivity contribution in [3.05, 3.63) is 39.4 Å². The van der Waals surface area contributed by atoms with Crippen LogP contribution in [-0.4, -0.2) is 34.6 Å². The van der Waals surface area contributed by atoms with Crippen LogP contribution >= 0.6 is 23.1 Å². The van der Waals surface area contributed by atoms with E-state index in [0.29, 0.717) is 33.5 Å².